The van der Waals surface area contributed by atoms with Gasteiger partial charge in [-0.25, -0.2) is 0 Å². The normalized spacial score (nSPS) is 10.1. The van der Waals surface area contributed by atoms with Gasteiger partial charge in [-0.15, -0.1) is 0 Å². The first-order chi connectivity index (χ1) is 15.3. The lowest BCUT2D eigenvalue weighted by Gasteiger charge is -2.10. The van der Waals surface area contributed by atoms with Crippen LogP contribution in [0.3, 0.4) is 0 Å². The molecule has 0 aliphatic rings. The van der Waals surface area contributed by atoms with Crippen LogP contribution in [0, 0.1) is 11.8 Å². The van der Waals surface area contributed by atoms with Crippen LogP contribution >= 0.6 is 0 Å². The highest BCUT2D eigenvalue weighted by Crippen LogP contribution is 2.25. The number of fused-ring (bicyclic) bond motifs is 1. The third-order valence-corrected chi connectivity index (χ3v) is 4.46. The van der Waals surface area contributed by atoms with Crippen molar-refractivity contribution < 1.29 is 14.3 Å². The van der Waals surface area contributed by atoms with Gasteiger partial charge in [0.25, 0.3) is 5.91 Å². The van der Waals surface area contributed by atoms with E-state index in [-0.39, 0.29) is 19.1 Å². The number of rotatable bonds is 6. The average molecular weight is 408 g/mol. The summed E-state index contributed by atoms with van der Waals surface area (Å²) in [6, 6.07) is 26.1. The van der Waals surface area contributed by atoms with Gasteiger partial charge in [-0.3, -0.25) is 9.78 Å². The third-order valence-electron chi connectivity index (χ3n) is 4.46. The Kier molecular flexibility index (Phi) is 6.42. The number of aromatic nitrogens is 1. The standard InChI is InChI=1S/C26H20N2O3/c29-26(22-14-4-5-15-23(22)31-21-12-2-1-3-13-21)28-17-6-7-19-30-24-16-8-10-20-11-9-18-27-25(20)24/h1-5,8-16,18H,17,19H2,(H,28,29). The van der Waals surface area contributed by atoms with Crippen LogP contribution in [0.25, 0.3) is 10.9 Å². The first-order valence-corrected chi connectivity index (χ1v) is 9.84. The van der Waals surface area contributed by atoms with Crippen LogP contribution in [0.1, 0.15) is 10.4 Å². The molecule has 5 heteroatoms. The summed E-state index contributed by atoms with van der Waals surface area (Å²) in [6.07, 6.45) is 1.73. The molecule has 0 aliphatic carbocycles. The van der Waals surface area contributed by atoms with Crippen molar-refractivity contribution in [1.29, 1.82) is 0 Å². The van der Waals surface area contributed by atoms with Crippen molar-refractivity contribution in [2.45, 2.75) is 0 Å². The maximum Gasteiger partial charge on any atom is 0.255 e. The minimum absolute atomic E-state index is 0.204. The lowest BCUT2D eigenvalue weighted by Crippen LogP contribution is -2.24. The number of carbonyl (C=O) groups is 1. The van der Waals surface area contributed by atoms with Gasteiger partial charge in [-0.05, 0) is 36.4 Å². The van der Waals surface area contributed by atoms with Gasteiger partial charge in [0.05, 0.1) is 12.1 Å². The van der Waals surface area contributed by atoms with Crippen molar-refractivity contribution in [3.8, 4) is 29.1 Å². The van der Waals surface area contributed by atoms with Gasteiger partial charge in [0, 0.05) is 11.6 Å². The summed E-state index contributed by atoms with van der Waals surface area (Å²) in [6.45, 7) is 0.412. The number of nitrogens with zero attached hydrogens (tertiary/aromatic N) is 1. The largest absolute Gasteiger partial charge is 0.479 e. The first kappa shape index (κ1) is 20.0. The zero-order valence-corrected chi connectivity index (χ0v) is 16.7. The summed E-state index contributed by atoms with van der Waals surface area (Å²) in [5.74, 6) is 7.41. The minimum atomic E-state index is -0.250. The average Bonchev–Trinajstić information content (AvgIpc) is 2.82. The molecule has 0 spiro atoms. The number of para-hydroxylation sites is 3. The van der Waals surface area contributed by atoms with Gasteiger partial charge >= 0.3 is 0 Å². The highest BCUT2D eigenvalue weighted by molar-refractivity contribution is 5.97. The van der Waals surface area contributed by atoms with Gasteiger partial charge < -0.3 is 14.8 Å². The third kappa shape index (κ3) is 5.20. The lowest BCUT2D eigenvalue weighted by atomic mass is 10.2. The molecule has 0 saturated carbocycles. The summed E-state index contributed by atoms with van der Waals surface area (Å²) >= 11 is 0. The van der Waals surface area contributed by atoms with Crippen molar-refractivity contribution in [3.05, 3.63) is 96.7 Å². The van der Waals surface area contributed by atoms with Crippen molar-refractivity contribution in [1.82, 2.24) is 10.3 Å². The monoisotopic (exact) mass is 408 g/mol. The molecule has 0 unspecified atom stereocenters. The van der Waals surface area contributed by atoms with E-state index < -0.39 is 0 Å². The SMILES string of the molecule is O=C(NCC#CCOc1cccc2cccnc12)c1ccccc1Oc1ccccc1. The maximum atomic E-state index is 12.6. The lowest BCUT2D eigenvalue weighted by molar-refractivity contribution is 0.0956. The van der Waals surface area contributed by atoms with Gasteiger partial charge in [0.2, 0.25) is 0 Å². The Morgan fingerprint density at radius 2 is 1.61 bits per heavy atom. The highest BCUT2D eigenvalue weighted by Gasteiger charge is 2.11. The number of amides is 1. The van der Waals surface area contributed by atoms with Crippen LogP contribution in [-0.4, -0.2) is 24.0 Å². The van der Waals surface area contributed by atoms with E-state index in [9.17, 15) is 4.79 Å². The minimum Gasteiger partial charge on any atom is -0.479 e. The second-order valence-corrected chi connectivity index (χ2v) is 6.57. The molecule has 1 heterocycles. The Balaban J connectivity index is 1.32. The fraction of sp³-hybridized carbons (Fsp3) is 0.0769. The second kappa shape index (κ2) is 9.95. The quantitative estimate of drug-likeness (QED) is 0.464. The fourth-order valence-electron chi connectivity index (χ4n) is 3.00. The van der Waals surface area contributed by atoms with Gasteiger partial charge in [-0.1, -0.05) is 60.4 Å². The zero-order valence-electron chi connectivity index (χ0n) is 16.7. The summed E-state index contributed by atoms with van der Waals surface area (Å²) in [5.41, 5.74) is 1.25. The number of hydrogen-bond donors (Lipinski definition) is 1. The summed E-state index contributed by atoms with van der Waals surface area (Å²) in [4.78, 5) is 16.9. The second-order valence-electron chi connectivity index (χ2n) is 6.57. The molecule has 5 nitrogen and oxygen atoms in total. The van der Waals surface area contributed by atoms with E-state index in [4.69, 9.17) is 9.47 Å². The van der Waals surface area contributed by atoms with Crippen LogP contribution in [0.5, 0.6) is 17.2 Å². The van der Waals surface area contributed by atoms with E-state index >= 15 is 0 Å². The van der Waals surface area contributed by atoms with Crippen molar-refractivity contribution in [2.24, 2.45) is 0 Å². The Morgan fingerprint density at radius 1 is 0.839 bits per heavy atom. The number of ether oxygens (including phenoxy) is 2. The molecule has 0 bridgehead atoms. The predicted octanol–water partition coefficient (Wildman–Crippen LogP) is 4.84. The molecule has 4 rings (SSSR count). The van der Waals surface area contributed by atoms with E-state index in [2.05, 4.69) is 22.1 Å². The summed E-state index contributed by atoms with van der Waals surface area (Å²) < 4.78 is 11.6. The molecule has 0 aliphatic heterocycles. The molecule has 1 N–H and O–H groups in total. The first-order valence-electron chi connectivity index (χ1n) is 9.84. The van der Waals surface area contributed by atoms with E-state index in [0.29, 0.717) is 22.8 Å². The molecule has 3 aromatic carbocycles. The van der Waals surface area contributed by atoms with Crippen LogP contribution < -0.4 is 14.8 Å². The van der Waals surface area contributed by atoms with Crippen LogP contribution in [0.15, 0.2) is 91.1 Å². The van der Waals surface area contributed by atoms with Crippen molar-refractivity contribution in [2.75, 3.05) is 13.2 Å². The Labute approximate surface area is 180 Å². The van der Waals surface area contributed by atoms with Gasteiger partial charge in [0.1, 0.15) is 29.4 Å². The fourth-order valence-corrected chi connectivity index (χ4v) is 3.00. The Hall–Kier alpha value is -4.30. The molecular weight excluding hydrogens is 388 g/mol. The number of pyridine rings is 1. The predicted molar refractivity (Wildman–Crippen MR) is 120 cm³/mol. The number of benzene rings is 3. The highest BCUT2D eigenvalue weighted by atomic mass is 16.5. The molecule has 152 valence electrons. The van der Waals surface area contributed by atoms with E-state index in [1.807, 2.05) is 66.7 Å². The van der Waals surface area contributed by atoms with Gasteiger partial charge in [-0.2, -0.15) is 0 Å². The van der Waals surface area contributed by atoms with E-state index in [1.54, 1.807) is 24.4 Å². The molecule has 31 heavy (non-hydrogen) atoms. The van der Waals surface area contributed by atoms with Crippen LogP contribution in [0.4, 0.5) is 0 Å². The van der Waals surface area contributed by atoms with E-state index in [0.717, 1.165) is 10.9 Å². The molecule has 4 aromatic rings. The number of hydrogen-bond acceptors (Lipinski definition) is 4. The van der Waals surface area contributed by atoms with Crippen molar-refractivity contribution in [3.63, 3.8) is 0 Å². The number of carbonyl (C=O) groups excluding carboxylic acids is 1. The van der Waals surface area contributed by atoms with E-state index in [1.165, 1.54) is 0 Å². The van der Waals surface area contributed by atoms with Gasteiger partial charge in [0.15, 0.2) is 0 Å². The smallest absolute Gasteiger partial charge is 0.255 e. The van der Waals surface area contributed by atoms with Crippen LogP contribution in [0.2, 0.25) is 0 Å². The molecule has 0 fully saturated rings. The maximum absolute atomic E-state index is 12.6. The molecule has 0 radical (unpaired) electrons. The Morgan fingerprint density at radius 3 is 2.52 bits per heavy atom. The zero-order chi connectivity index (χ0) is 21.3. The van der Waals surface area contributed by atoms with Crippen molar-refractivity contribution >= 4 is 16.8 Å². The summed E-state index contributed by atoms with van der Waals surface area (Å²) in [7, 11) is 0. The van der Waals surface area contributed by atoms with Crippen LogP contribution in [-0.2, 0) is 0 Å². The topological polar surface area (TPSA) is 60.5 Å². The molecule has 0 atom stereocenters. The summed E-state index contributed by atoms with van der Waals surface area (Å²) in [5, 5.41) is 3.80. The Bertz CT molecular complexity index is 1240. The molecule has 0 saturated heterocycles. The molecule has 1 amide bonds. The molecule has 1 aromatic heterocycles. The number of nitrogens with one attached hydrogen (secondary N) is 1. The molecular formula is C26H20N2O3.